The summed E-state index contributed by atoms with van der Waals surface area (Å²) >= 11 is 0. The minimum Gasteiger partial charge on any atom is -0.444 e. The van der Waals surface area contributed by atoms with Crippen molar-refractivity contribution < 1.29 is 13.9 Å². The van der Waals surface area contributed by atoms with E-state index in [4.69, 9.17) is 4.74 Å². The molecule has 1 N–H and O–H groups in total. The number of ether oxygens (including phenoxy) is 1. The van der Waals surface area contributed by atoms with E-state index in [1.807, 2.05) is 12.1 Å². The molecule has 0 heterocycles. The van der Waals surface area contributed by atoms with Crippen molar-refractivity contribution in [3.63, 3.8) is 0 Å². The van der Waals surface area contributed by atoms with Gasteiger partial charge in [-0.3, -0.25) is 0 Å². The Balaban J connectivity index is 2.54. The first kappa shape index (κ1) is 18.2. The first-order valence-corrected chi connectivity index (χ1v) is 7.55. The number of hydrogen-bond donors (Lipinski definition) is 1. The van der Waals surface area contributed by atoms with Gasteiger partial charge in [0, 0.05) is 6.54 Å². The van der Waals surface area contributed by atoms with Crippen molar-refractivity contribution in [3.05, 3.63) is 47.3 Å². The minimum absolute atomic E-state index is 0.136. The lowest BCUT2D eigenvalue weighted by atomic mass is 9.99. The van der Waals surface area contributed by atoms with Gasteiger partial charge in [-0.1, -0.05) is 38.1 Å². The Bertz CT molecular complexity index is 513. The van der Waals surface area contributed by atoms with Crippen molar-refractivity contribution in [3.8, 4) is 0 Å². The molecule has 0 aliphatic rings. The summed E-state index contributed by atoms with van der Waals surface area (Å²) in [5.41, 5.74) is 2.21. The third-order valence-corrected chi connectivity index (χ3v) is 3.09. The molecular weight excluding hydrogens is 281 g/mol. The smallest absolute Gasteiger partial charge is 0.407 e. The van der Waals surface area contributed by atoms with Crippen LogP contribution in [0.3, 0.4) is 0 Å². The second-order valence-electron chi connectivity index (χ2n) is 6.70. The summed E-state index contributed by atoms with van der Waals surface area (Å²) in [5, 5.41) is 2.57. The number of carbonyl (C=O) groups excluding carboxylic acids is 1. The first-order chi connectivity index (χ1) is 10.2. The zero-order valence-corrected chi connectivity index (χ0v) is 14.1. The van der Waals surface area contributed by atoms with E-state index in [1.54, 1.807) is 20.8 Å². The first-order valence-electron chi connectivity index (χ1n) is 7.55. The lowest BCUT2D eigenvalue weighted by molar-refractivity contribution is 0.0532. The van der Waals surface area contributed by atoms with Crippen LogP contribution in [0.2, 0.25) is 0 Å². The number of rotatable bonds is 5. The highest BCUT2D eigenvalue weighted by atomic mass is 19.1. The Morgan fingerprint density at radius 1 is 1.27 bits per heavy atom. The summed E-state index contributed by atoms with van der Waals surface area (Å²) in [5.74, 6) is 0.471. The molecule has 22 heavy (non-hydrogen) atoms. The summed E-state index contributed by atoms with van der Waals surface area (Å²) in [7, 11) is 0. The van der Waals surface area contributed by atoms with Crippen LogP contribution in [0.5, 0.6) is 0 Å². The van der Waals surface area contributed by atoms with E-state index < -0.39 is 11.7 Å². The van der Waals surface area contributed by atoms with Crippen LogP contribution in [0.25, 0.3) is 0 Å². The summed E-state index contributed by atoms with van der Waals surface area (Å²) in [6, 6.07) is 8.09. The Morgan fingerprint density at radius 2 is 1.86 bits per heavy atom. The molecule has 0 radical (unpaired) electrons. The predicted octanol–water partition coefficient (Wildman–Crippen LogP) is 4.73. The van der Waals surface area contributed by atoms with Crippen LogP contribution in [0.4, 0.5) is 9.18 Å². The van der Waals surface area contributed by atoms with Gasteiger partial charge in [0.05, 0.1) is 6.33 Å². The van der Waals surface area contributed by atoms with Crippen LogP contribution >= 0.6 is 0 Å². The predicted molar refractivity (Wildman–Crippen MR) is 87.7 cm³/mol. The topological polar surface area (TPSA) is 38.3 Å². The van der Waals surface area contributed by atoms with E-state index in [0.717, 1.165) is 5.56 Å². The average molecular weight is 307 g/mol. The van der Waals surface area contributed by atoms with Crippen LogP contribution in [0.1, 0.15) is 51.7 Å². The number of nitrogens with one attached hydrogen (secondary N) is 1. The highest BCUT2D eigenvalue weighted by Crippen LogP contribution is 2.16. The third kappa shape index (κ3) is 6.74. The number of halogens is 1. The van der Waals surface area contributed by atoms with Crippen molar-refractivity contribution in [2.24, 2.45) is 0 Å². The van der Waals surface area contributed by atoms with Crippen LogP contribution in [0, 0.1) is 0 Å². The maximum Gasteiger partial charge on any atom is 0.407 e. The van der Waals surface area contributed by atoms with E-state index in [0.29, 0.717) is 24.2 Å². The fraction of sp³-hybridized carbons (Fsp3) is 0.500. The van der Waals surface area contributed by atoms with Crippen LogP contribution in [-0.2, 0) is 11.2 Å². The fourth-order valence-electron chi connectivity index (χ4n) is 1.92. The van der Waals surface area contributed by atoms with E-state index in [9.17, 15) is 9.18 Å². The molecule has 0 aliphatic carbocycles. The largest absolute Gasteiger partial charge is 0.444 e. The van der Waals surface area contributed by atoms with Crippen molar-refractivity contribution in [1.29, 1.82) is 0 Å². The molecule has 0 aliphatic heterocycles. The molecule has 122 valence electrons. The molecule has 3 nitrogen and oxygen atoms in total. The molecule has 1 aromatic carbocycles. The minimum atomic E-state index is -0.559. The van der Waals surface area contributed by atoms with Gasteiger partial charge in [0.25, 0.3) is 0 Å². The summed E-state index contributed by atoms with van der Waals surface area (Å²) < 4.78 is 18.1. The van der Waals surface area contributed by atoms with Gasteiger partial charge < -0.3 is 10.1 Å². The van der Waals surface area contributed by atoms with Gasteiger partial charge >= 0.3 is 6.09 Å². The number of benzene rings is 1. The van der Waals surface area contributed by atoms with Gasteiger partial charge in [0.1, 0.15) is 5.60 Å². The number of alkyl carbamates (subject to hydrolysis) is 1. The Labute approximate surface area is 132 Å². The number of hydrogen-bond acceptors (Lipinski definition) is 2. The normalized spacial score (nSPS) is 12.4. The van der Waals surface area contributed by atoms with Gasteiger partial charge in [-0.2, -0.15) is 0 Å². The lowest BCUT2D eigenvalue weighted by Crippen LogP contribution is -2.33. The molecule has 4 heteroatoms. The van der Waals surface area contributed by atoms with Crippen LogP contribution in [-0.4, -0.2) is 18.2 Å². The molecule has 1 aromatic rings. The summed E-state index contributed by atoms with van der Waals surface area (Å²) in [6.07, 6.45) is 0.472. The molecule has 0 aromatic heterocycles. The van der Waals surface area contributed by atoms with Crippen molar-refractivity contribution in [2.45, 2.75) is 52.6 Å². The second kappa shape index (κ2) is 7.97. The summed E-state index contributed by atoms with van der Waals surface area (Å²) in [6.45, 7) is 9.76. The molecule has 1 rings (SSSR count). The number of amides is 1. The van der Waals surface area contributed by atoms with Gasteiger partial charge in [0.2, 0.25) is 0 Å². The zero-order valence-electron chi connectivity index (χ0n) is 14.1. The van der Waals surface area contributed by atoms with Gasteiger partial charge in [-0.05, 0) is 49.8 Å². The Morgan fingerprint density at radius 3 is 2.32 bits per heavy atom. The highest BCUT2D eigenvalue weighted by Gasteiger charge is 2.16. The van der Waals surface area contributed by atoms with E-state index in [1.165, 1.54) is 5.56 Å². The standard InChI is InChI=1S/C18H26FNO2/c1-13(2)16-8-6-14(7-9-16)10-15(11-19)12-20-17(21)22-18(3,4)5/h6-9,11,13H,10,12H2,1-5H3,(H,20,21)/b15-11-. The SMILES string of the molecule is CC(C)c1ccc(C/C(=C/F)CNC(=O)OC(C)(C)C)cc1. The van der Waals surface area contributed by atoms with Gasteiger partial charge in [-0.25, -0.2) is 9.18 Å². The zero-order chi connectivity index (χ0) is 16.8. The fourth-order valence-corrected chi connectivity index (χ4v) is 1.92. The van der Waals surface area contributed by atoms with Crippen LogP contribution in [0.15, 0.2) is 36.2 Å². The Hall–Kier alpha value is -1.84. The van der Waals surface area contributed by atoms with E-state index in [2.05, 4.69) is 31.3 Å². The maximum atomic E-state index is 13.0. The molecule has 0 spiro atoms. The molecule has 0 saturated carbocycles. The highest BCUT2D eigenvalue weighted by molar-refractivity contribution is 5.68. The van der Waals surface area contributed by atoms with Crippen LogP contribution < -0.4 is 5.32 Å². The maximum absolute atomic E-state index is 13.0. The monoisotopic (exact) mass is 307 g/mol. The second-order valence-corrected chi connectivity index (χ2v) is 6.70. The molecule has 0 bridgehead atoms. The number of carbonyl (C=O) groups is 1. The summed E-state index contributed by atoms with van der Waals surface area (Å²) in [4.78, 5) is 11.6. The molecule has 0 atom stereocenters. The van der Waals surface area contributed by atoms with Crippen molar-refractivity contribution >= 4 is 6.09 Å². The van der Waals surface area contributed by atoms with Crippen molar-refractivity contribution in [1.82, 2.24) is 5.32 Å². The lowest BCUT2D eigenvalue weighted by Gasteiger charge is -2.20. The molecule has 0 saturated heterocycles. The molecular formula is C18H26FNO2. The third-order valence-electron chi connectivity index (χ3n) is 3.09. The molecule has 1 amide bonds. The van der Waals surface area contributed by atoms with E-state index in [-0.39, 0.29) is 6.54 Å². The average Bonchev–Trinajstić information content (AvgIpc) is 2.42. The van der Waals surface area contributed by atoms with Gasteiger partial charge in [0.15, 0.2) is 0 Å². The van der Waals surface area contributed by atoms with Gasteiger partial charge in [-0.15, -0.1) is 0 Å². The van der Waals surface area contributed by atoms with Crippen molar-refractivity contribution in [2.75, 3.05) is 6.54 Å². The Kier molecular flexibility index (Phi) is 6.60. The molecule has 0 unspecified atom stereocenters. The van der Waals surface area contributed by atoms with E-state index >= 15 is 0 Å². The quantitative estimate of drug-likeness (QED) is 0.854. The molecule has 0 fully saturated rings.